The summed E-state index contributed by atoms with van der Waals surface area (Å²) in [6, 6.07) is 15.8. The molecule has 35 heavy (non-hydrogen) atoms. The Hall–Kier alpha value is -2.53. The van der Waals surface area contributed by atoms with Crippen molar-refractivity contribution in [2.75, 3.05) is 32.1 Å². The van der Waals surface area contributed by atoms with Crippen molar-refractivity contribution in [2.24, 2.45) is 0 Å². The van der Waals surface area contributed by atoms with Crippen molar-refractivity contribution in [1.82, 2.24) is 15.4 Å². The van der Waals surface area contributed by atoms with E-state index >= 15 is 0 Å². The van der Waals surface area contributed by atoms with Crippen LogP contribution in [0, 0.1) is 6.92 Å². The summed E-state index contributed by atoms with van der Waals surface area (Å²) in [5.74, 6) is 0.885. The summed E-state index contributed by atoms with van der Waals surface area (Å²) in [6.07, 6.45) is 3.70. The van der Waals surface area contributed by atoms with Gasteiger partial charge in [0.05, 0.1) is 6.54 Å². The van der Waals surface area contributed by atoms with E-state index in [1.807, 2.05) is 61.9 Å². The molecular formula is C25H39N3O5S2. The standard InChI is InChI=1S/C13H12O.C5H10N2OS.C3H7NO2.C3H8S.CH2O/c1-10-7-8-12(14)9-13(10)11-5-3-2-4-6-11;8-5-2-1-4(7-5)3-6-9;1-4-2-3(5)6;1-3-4-2;1-2/h2-9,14H,1H3;4,6,9H,1-3H2,(H,7,8);4H,2H2,1H3,(H,5,6);3H2,1-2H3;1H2. The molecule has 0 spiro atoms. The van der Waals surface area contributed by atoms with E-state index in [1.54, 1.807) is 19.2 Å². The van der Waals surface area contributed by atoms with E-state index in [0.717, 1.165) is 24.1 Å². The number of nitrogens with one attached hydrogen (secondary N) is 3. The second kappa shape index (κ2) is 23.2. The second-order valence-electron chi connectivity index (χ2n) is 7.03. The van der Waals surface area contributed by atoms with Gasteiger partial charge < -0.3 is 25.6 Å². The normalized spacial score (nSPS) is 13.2. The van der Waals surface area contributed by atoms with Crippen LogP contribution in [0.5, 0.6) is 5.75 Å². The van der Waals surface area contributed by atoms with Crippen LogP contribution in [0.3, 0.4) is 0 Å². The lowest BCUT2D eigenvalue weighted by Gasteiger charge is -2.05. The molecule has 1 amide bonds. The monoisotopic (exact) mass is 525 g/mol. The largest absolute Gasteiger partial charge is 0.508 e. The van der Waals surface area contributed by atoms with Crippen LogP contribution in [0.4, 0.5) is 0 Å². The van der Waals surface area contributed by atoms with Crippen LogP contribution in [0.15, 0.2) is 48.5 Å². The number of carboxylic acid groups (broad SMARTS) is 1. The van der Waals surface area contributed by atoms with Gasteiger partial charge in [-0.05, 0) is 61.2 Å². The number of rotatable bonds is 6. The van der Waals surface area contributed by atoms with Crippen LogP contribution < -0.4 is 15.4 Å². The van der Waals surface area contributed by atoms with E-state index in [0.29, 0.717) is 18.2 Å². The van der Waals surface area contributed by atoms with Gasteiger partial charge in [-0.2, -0.15) is 11.8 Å². The van der Waals surface area contributed by atoms with Gasteiger partial charge in [-0.15, -0.1) is 0 Å². The number of benzene rings is 2. The summed E-state index contributed by atoms with van der Waals surface area (Å²) >= 11 is 5.68. The molecule has 2 aromatic rings. The molecule has 1 aliphatic heterocycles. The van der Waals surface area contributed by atoms with Crippen molar-refractivity contribution in [2.45, 2.75) is 32.7 Å². The molecule has 5 N–H and O–H groups in total. The average Bonchev–Trinajstić information content (AvgIpc) is 3.28. The third-order valence-corrected chi connectivity index (χ3v) is 5.11. The van der Waals surface area contributed by atoms with E-state index in [-0.39, 0.29) is 12.5 Å². The lowest BCUT2D eigenvalue weighted by atomic mass is 10.0. The molecule has 0 bridgehead atoms. The van der Waals surface area contributed by atoms with Gasteiger partial charge >= 0.3 is 5.97 Å². The average molecular weight is 526 g/mol. The molecule has 1 aliphatic rings. The SMILES string of the molecule is C=O.CCSC.CNCC(=O)O.Cc1ccc(O)cc1-c1ccccc1.O=C1CCC(CNS)N1. The van der Waals surface area contributed by atoms with Crippen LogP contribution in [0.2, 0.25) is 0 Å². The van der Waals surface area contributed by atoms with E-state index in [2.05, 4.69) is 41.4 Å². The molecule has 8 nitrogen and oxygen atoms in total. The molecule has 10 heteroatoms. The molecule has 3 rings (SSSR count). The quantitative estimate of drug-likeness (QED) is 0.316. The van der Waals surface area contributed by atoms with Crippen LogP contribution in [0.25, 0.3) is 11.1 Å². The van der Waals surface area contributed by atoms with Crippen molar-refractivity contribution in [1.29, 1.82) is 0 Å². The Bertz CT molecular complexity index is 824. The fraction of sp³-hybridized carbons (Fsp3) is 0.400. The maximum Gasteiger partial charge on any atom is 0.317 e. The Balaban J connectivity index is 0. The van der Waals surface area contributed by atoms with Crippen LogP contribution in [0.1, 0.15) is 25.3 Å². The van der Waals surface area contributed by atoms with Crippen molar-refractivity contribution in [3.8, 4) is 16.9 Å². The number of aromatic hydroxyl groups is 1. The van der Waals surface area contributed by atoms with Crippen molar-refractivity contribution < 1.29 is 24.6 Å². The second-order valence-corrected chi connectivity index (χ2v) is 8.50. The Kier molecular flexibility index (Phi) is 23.0. The van der Waals surface area contributed by atoms with E-state index in [1.165, 1.54) is 11.3 Å². The molecule has 0 aromatic heterocycles. The molecule has 1 heterocycles. The number of likely N-dealkylation sites (N-methyl/N-ethyl adjacent to an activating group) is 1. The van der Waals surface area contributed by atoms with Gasteiger partial charge in [0.15, 0.2) is 0 Å². The fourth-order valence-electron chi connectivity index (χ4n) is 2.63. The highest BCUT2D eigenvalue weighted by molar-refractivity contribution is 7.98. The number of carbonyl (C=O) groups excluding carboxylic acids is 2. The first-order valence-electron chi connectivity index (χ1n) is 10.9. The molecule has 0 saturated carbocycles. The van der Waals surface area contributed by atoms with E-state index in [4.69, 9.17) is 9.90 Å². The topological polar surface area (TPSA) is 128 Å². The summed E-state index contributed by atoms with van der Waals surface area (Å²) in [5.41, 5.74) is 3.40. The van der Waals surface area contributed by atoms with Gasteiger partial charge in [0.1, 0.15) is 12.5 Å². The summed E-state index contributed by atoms with van der Waals surface area (Å²) in [7, 11) is 1.59. The van der Waals surface area contributed by atoms with Crippen LogP contribution in [-0.2, 0) is 14.4 Å². The fourth-order valence-corrected chi connectivity index (χ4v) is 2.85. The number of thiol groups is 1. The van der Waals surface area contributed by atoms with Crippen molar-refractivity contribution in [3.63, 3.8) is 0 Å². The lowest BCUT2D eigenvalue weighted by Crippen LogP contribution is -2.32. The zero-order chi connectivity index (χ0) is 27.1. The number of hydrogen-bond donors (Lipinski definition) is 6. The third-order valence-electron chi connectivity index (χ3n) is 4.35. The van der Waals surface area contributed by atoms with Crippen molar-refractivity contribution >= 4 is 43.2 Å². The highest BCUT2D eigenvalue weighted by Gasteiger charge is 2.19. The van der Waals surface area contributed by atoms with Crippen molar-refractivity contribution in [3.05, 3.63) is 54.1 Å². The zero-order valence-electron chi connectivity index (χ0n) is 20.9. The van der Waals surface area contributed by atoms with E-state index in [9.17, 15) is 14.7 Å². The minimum Gasteiger partial charge on any atom is -0.508 e. The van der Waals surface area contributed by atoms with Gasteiger partial charge in [0.25, 0.3) is 0 Å². The molecule has 1 saturated heterocycles. The third kappa shape index (κ3) is 18.5. The van der Waals surface area contributed by atoms with Gasteiger partial charge in [-0.3, -0.25) is 14.3 Å². The molecule has 1 unspecified atom stereocenters. The zero-order valence-corrected chi connectivity index (χ0v) is 22.6. The molecular weight excluding hydrogens is 486 g/mol. The first-order chi connectivity index (χ1) is 16.8. The molecule has 2 aromatic carbocycles. The predicted octanol–water partition coefficient (Wildman–Crippen LogP) is 3.54. The number of carbonyl (C=O) groups is 3. The summed E-state index contributed by atoms with van der Waals surface area (Å²) in [5, 5.41) is 22.5. The Morgan fingerprint density at radius 1 is 1.23 bits per heavy atom. The highest BCUT2D eigenvalue weighted by Crippen LogP contribution is 2.26. The summed E-state index contributed by atoms with van der Waals surface area (Å²) < 4.78 is 2.71. The number of amides is 1. The number of phenols is 1. The summed E-state index contributed by atoms with van der Waals surface area (Å²) in [4.78, 5) is 28.1. The Morgan fingerprint density at radius 2 is 1.83 bits per heavy atom. The molecule has 0 radical (unpaired) electrons. The summed E-state index contributed by atoms with van der Waals surface area (Å²) in [6.45, 7) is 6.99. The number of carboxylic acids is 1. The van der Waals surface area contributed by atoms with Crippen LogP contribution in [-0.4, -0.2) is 67.1 Å². The molecule has 1 fully saturated rings. The number of hydrogen-bond acceptors (Lipinski definition) is 8. The lowest BCUT2D eigenvalue weighted by molar-refractivity contribution is -0.135. The van der Waals surface area contributed by atoms with Gasteiger partial charge in [-0.25, -0.2) is 0 Å². The minimum atomic E-state index is -0.822. The van der Waals surface area contributed by atoms with Gasteiger partial charge in [0, 0.05) is 19.0 Å². The number of aliphatic carboxylic acids is 1. The number of aryl methyl sites for hydroxylation is 1. The first-order valence-corrected chi connectivity index (χ1v) is 12.8. The van der Waals surface area contributed by atoms with Gasteiger partial charge in [-0.1, -0.05) is 56.1 Å². The smallest absolute Gasteiger partial charge is 0.317 e. The number of thioether (sulfide) groups is 1. The number of phenolic OH excluding ortho intramolecular Hbond substituents is 1. The first kappa shape index (κ1) is 34.6. The Labute approximate surface area is 218 Å². The van der Waals surface area contributed by atoms with E-state index < -0.39 is 5.97 Å². The molecule has 196 valence electrons. The van der Waals surface area contributed by atoms with Crippen LogP contribution >= 0.6 is 24.6 Å². The highest BCUT2D eigenvalue weighted by atomic mass is 32.2. The maximum absolute atomic E-state index is 10.6. The minimum absolute atomic E-state index is 0.0417. The predicted molar refractivity (Wildman–Crippen MR) is 149 cm³/mol. The molecule has 1 atom stereocenters. The molecule has 0 aliphatic carbocycles. The Morgan fingerprint density at radius 3 is 2.23 bits per heavy atom. The maximum atomic E-state index is 10.6. The van der Waals surface area contributed by atoms with Gasteiger partial charge in [0.2, 0.25) is 5.91 Å².